The Hall–Kier alpha value is -1.89. The molecule has 0 amide bonds. The second kappa shape index (κ2) is 8.82. The highest BCUT2D eigenvalue weighted by Crippen LogP contribution is 2.14. The van der Waals surface area contributed by atoms with Crippen LogP contribution < -0.4 is 0 Å². The highest BCUT2D eigenvalue weighted by Gasteiger charge is 2.20. The number of ether oxygens (including phenoxy) is 1. The molecule has 1 heterocycles. The molecule has 0 unspecified atom stereocenters. The number of sulfonamides is 1. The first-order chi connectivity index (χ1) is 11.5. The first-order valence-corrected chi connectivity index (χ1v) is 9.35. The lowest BCUT2D eigenvalue weighted by molar-refractivity contribution is 0.186. The number of aryl methyl sites for hydroxylation is 1. The van der Waals surface area contributed by atoms with Crippen LogP contribution in [0.15, 0.2) is 54.1 Å². The van der Waals surface area contributed by atoms with Crippen molar-refractivity contribution in [1.82, 2.24) is 8.87 Å². The summed E-state index contributed by atoms with van der Waals surface area (Å²) in [5.41, 5.74) is 1.81. The Kier molecular flexibility index (Phi) is 6.78. The lowest BCUT2D eigenvalue weighted by Gasteiger charge is -2.20. The lowest BCUT2D eigenvalue weighted by Crippen LogP contribution is -2.31. The predicted molar refractivity (Wildman–Crippen MR) is 96.7 cm³/mol. The number of hydrogen-bond donors (Lipinski definition) is 0. The Bertz CT molecular complexity index is 752. The monoisotopic (exact) mass is 348 g/mol. The number of rotatable bonds is 9. The molecule has 0 aliphatic rings. The van der Waals surface area contributed by atoms with E-state index in [1.54, 1.807) is 13.2 Å². The van der Waals surface area contributed by atoms with Crippen molar-refractivity contribution in [2.45, 2.75) is 13.0 Å². The van der Waals surface area contributed by atoms with Crippen molar-refractivity contribution in [3.8, 4) is 0 Å². The molecule has 0 radical (unpaired) electrons. The van der Waals surface area contributed by atoms with Gasteiger partial charge in [0.05, 0.1) is 6.54 Å². The van der Waals surface area contributed by atoms with Crippen molar-refractivity contribution >= 4 is 16.1 Å². The third kappa shape index (κ3) is 5.33. The van der Waals surface area contributed by atoms with E-state index in [9.17, 15) is 8.42 Å². The Morgan fingerprint density at radius 3 is 2.54 bits per heavy atom. The Morgan fingerprint density at radius 1 is 1.17 bits per heavy atom. The third-order valence-corrected chi connectivity index (χ3v) is 5.25. The molecule has 0 saturated heterocycles. The first-order valence-electron chi connectivity index (χ1n) is 7.85. The SMILES string of the molecule is COCCCN(Cc1cccn1C)S(=O)(=O)/C=C/c1ccccc1. The van der Waals surface area contributed by atoms with Gasteiger partial charge in [0.25, 0.3) is 0 Å². The average Bonchev–Trinajstić information content (AvgIpc) is 2.98. The van der Waals surface area contributed by atoms with Crippen LogP contribution >= 0.6 is 0 Å². The fourth-order valence-electron chi connectivity index (χ4n) is 2.34. The normalized spacial score (nSPS) is 12.3. The van der Waals surface area contributed by atoms with Crippen molar-refractivity contribution in [1.29, 1.82) is 0 Å². The van der Waals surface area contributed by atoms with Gasteiger partial charge in [-0.15, -0.1) is 0 Å². The predicted octanol–water partition coefficient (Wildman–Crippen LogP) is 2.86. The van der Waals surface area contributed by atoms with Crippen molar-refractivity contribution in [2.75, 3.05) is 20.3 Å². The summed E-state index contributed by atoms with van der Waals surface area (Å²) in [6.07, 6.45) is 4.19. The molecule has 0 aliphatic heterocycles. The molecule has 2 rings (SSSR count). The standard InChI is InChI=1S/C18H24N2O3S/c1-19-12-6-10-18(19)16-20(13-7-14-23-2)24(21,22)15-11-17-8-4-3-5-9-17/h3-6,8-12,15H,7,13-14,16H2,1-2H3/b15-11+. The smallest absolute Gasteiger partial charge is 0.236 e. The molecular formula is C18H24N2O3S. The van der Waals surface area contributed by atoms with Gasteiger partial charge in [-0.3, -0.25) is 0 Å². The fourth-order valence-corrected chi connectivity index (χ4v) is 3.53. The minimum absolute atomic E-state index is 0.342. The van der Waals surface area contributed by atoms with Crippen LogP contribution in [-0.2, 0) is 28.4 Å². The van der Waals surface area contributed by atoms with Crippen LogP contribution in [0.3, 0.4) is 0 Å². The van der Waals surface area contributed by atoms with Gasteiger partial charge >= 0.3 is 0 Å². The molecule has 0 saturated carbocycles. The van der Waals surface area contributed by atoms with Crippen LogP contribution in [0, 0.1) is 0 Å². The van der Waals surface area contributed by atoms with Gasteiger partial charge in [-0.1, -0.05) is 30.3 Å². The molecule has 1 aromatic heterocycles. The Labute approximate surface area is 144 Å². The molecule has 2 aromatic rings. The van der Waals surface area contributed by atoms with Gasteiger partial charge in [0.1, 0.15) is 0 Å². The number of aromatic nitrogens is 1. The molecule has 0 spiro atoms. The summed E-state index contributed by atoms with van der Waals surface area (Å²) < 4.78 is 33.9. The van der Waals surface area contributed by atoms with Gasteiger partial charge in [0.2, 0.25) is 10.0 Å². The van der Waals surface area contributed by atoms with E-state index in [2.05, 4.69) is 0 Å². The zero-order valence-electron chi connectivity index (χ0n) is 14.1. The molecular weight excluding hydrogens is 324 g/mol. The molecule has 0 bridgehead atoms. The largest absolute Gasteiger partial charge is 0.385 e. The van der Waals surface area contributed by atoms with Gasteiger partial charge in [0.15, 0.2) is 0 Å². The second-order valence-corrected chi connectivity index (χ2v) is 7.37. The zero-order valence-corrected chi connectivity index (χ0v) is 14.9. The maximum absolute atomic E-state index is 12.7. The highest BCUT2D eigenvalue weighted by atomic mass is 32.2. The Morgan fingerprint density at radius 2 is 1.92 bits per heavy atom. The van der Waals surface area contributed by atoms with Crippen LogP contribution in [0.2, 0.25) is 0 Å². The molecule has 0 fully saturated rings. The quantitative estimate of drug-likeness (QED) is 0.655. The molecule has 6 heteroatoms. The van der Waals surface area contributed by atoms with Crippen molar-refractivity contribution in [3.05, 3.63) is 65.3 Å². The molecule has 24 heavy (non-hydrogen) atoms. The number of benzene rings is 1. The topological polar surface area (TPSA) is 51.5 Å². The fraction of sp³-hybridized carbons (Fsp3) is 0.333. The van der Waals surface area contributed by atoms with Crippen LogP contribution in [-0.4, -0.2) is 37.6 Å². The van der Waals surface area contributed by atoms with Crippen LogP contribution in [0.5, 0.6) is 0 Å². The van der Waals surface area contributed by atoms with Crippen molar-refractivity contribution in [2.24, 2.45) is 7.05 Å². The second-order valence-electron chi connectivity index (χ2n) is 5.55. The average molecular weight is 348 g/mol. The number of nitrogens with zero attached hydrogens (tertiary/aromatic N) is 2. The molecule has 0 N–H and O–H groups in total. The Balaban J connectivity index is 2.17. The third-order valence-electron chi connectivity index (χ3n) is 3.74. The van der Waals surface area contributed by atoms with Crippen molar-refractivity contribution < 1.29 is 13.2 Å². The number of methoxy groups -OCH3 is 1. The minimum Gasteiger partial charge on any atom is -0.385 e. The van der Waals surface area contributed by atoms with E-state index in [1.165, 1.54) is 9.71 Å². The van der Waals surface area contributed by atoms with E-state index >= 15 is 0 Å². The van der Waals surface area contributed by atoms with Gasteiger partial charge in [-0.25, -0.2) is 8.42 Å². The lowest BCUT2D eigenvalue weighted by atomic mass is 10.2. The maximum Gasteiger partial charge on any atom is 0.236 e. The molecule has 130 valence electrons. The summed E-state index contributed by atoms with van der Waals surface area (Å²) in [5.74, 6) is 0. The van der Waals surface area contributed by atoms with E-state index in [4.69, 9.17) is 4.74 Å². The number of hydrogen-bond acceptors (Lipinski definition) is 3. The van der Waals surface area contributed by atoms with Crippen LogP contribution in [0.1, 0.15) is 17.7 Å². The summed E-state index contributed by atoms with van der Waals surface area (Å²) in [7, 11) is 0.0182. The van der Waals surface area contributed by atoms with Crippen LogP contribution in [0.4, 0.5) is 0 Å². The van der Waals surface area contributed by atoms with Gasteiger partial charge < -0.3 is 9.30 Å². The van der Waals surface area contributed by atoms with E-state index < -0.39 is 10.0 Å². The first kappa shape index (κ1) is 18.4. The van der Waals surface area contributed by atoms with Gasteiger partial charge in [-0.05, 0) is 30.2 Å². The highest BCUT2D eigenvalue weighted by molar-refractivity contribution is 7.92. The summed E-state index contributed by atoms with van der Waals surface area (Å²) in [6, 6.07) is 13.3. The molecule has 0 atom stereocenters. The van der Waals surface area contributed by atoms with E-state index in [0.29, 0.717) is 26.1 Å². The summed E-state index contributed by atoms with van der Waals surface area (Å²) in [6.45, 7) is 1.29. The molecule has 1 aromatic carbocycles. The summed E-state index contributed by atoms with van der Waals surface area (Å²) in [5, 5.41) is 1.28. The van der Waals surface area contributed by atoms with E-state index in [0.717, 1.165) is 11.3 Å². The van der Waals surface area contributed by atoms with Gasteiger partial charge in [0, 0.05) is 44.6 Å². The molecule has 0 aliphatic carbocycles. The van der Waals surface area contributed by atoms with Gasteiger partial charge in [-0.2, -0.15) is 4.31 Å². The summed E-state index contributed by atoms with van der Waals surface area (Å²) >= 11 is 0. The minimum atomic E-state index is -3.51. The van der Waals surface area contributed by atoms with E-state index in [1.807, 2.05) is 60.3 Å². The van der Waals surface area contributed by atoms with Crippen LogP contribution in [0.25, 0.3) is 6.08 Å². The van der Waals surface area contributed by atoms with Crippen molar-refractivity contribution in [3.63, 3.8) is 0 Å². The zero-order chi connectivity index (χ0) is 17.4. The maximum atomic E-state index is 12.7. The summed E-state index contributed by atoms with van der Waals surface area (Å²) in [4.78, 5) is 0. The molecule has 5 nitrogen and oxygen atoms in total. The van der Waals surface area contributed by atoms with E-state index in [-0.39, 0.29) is 0 Å².